The van der Waals surface area contributed by atoms with E-state index in [1.165, 1.54) is 0 Å². The SMILES string of the molecule is Cl.NCCc1ccc(C(=O)N2CCNC(=O)C23CCCC3)cc1. The molecule has 23 heavy (non-hydrogen) atoms. The minimum absolute atomic E-state index is 0. The third kappa shape index (κ3) is 3.21. The van der Waals surface area contributed by atoms with E-state index in [4.69, 9.17) is 5.73 Å². The number of rotatable bonds is 3. The number of carbonyl (C=O) groups is 2. The predicted molar refractivity (Wildman–Crippen MR) is 91.7 cm³/mol. The molecule has 2 fully saturated rings. The number of benzene rings is 1. The summed E-state index contributed by atoms with van der Waals surface area (Å²) in [6, 6.07) is 7.60. The van der Waals surface area contributed by atoms with Gasteiger partial charge in [-0.2, -0.15) is 0 Å². The molecule has 1 aliphatic heterocycles. The number of carbonyl (C=O) groups excluding carboxylic acids is 2. The van der Waals surface area contributed by atoms with E-state index >= 15 is 0 Å². The summed E-state index contributed by atoms with van der Waals surface area (Å²) in [6.45, 7) is 1.73. The quantitative estimate of drug-likeness (QED) is 0.877. The van der Waals surface area contributed by atoms with E-state index < -0.39 is 5.54 Å². The zero-order chi connectivity index (χ0) is 15.6. The molecule has 0 bridgehead atoms. The van der Waals surface area contributed by atoms with Gasteiger partial charge in [0.25, 0.3) is 5.91 Å². The van der Waals surface area contributed by atoms with Gasteiger partial charge < -0.3 is 16.0 Å². The van der Waals surface area contributed by atoms with Crippen LogP contribution in [0.5, 0.6) is 0 Å². The average molecular weight is 338 g/mol. The summed E-state index contributed by atoms with van der Waals surface area (Å²) in [5.41, 5.74) is 6.71. The smallest absolute Gasteiger partial charge is 0.254 e. The van der Waals surface area contributed by atoms with Crippen LogP contribution in [0.4, 0.5) is 0 Å². The van der Waals surface area contributed by atoms with Crippen molar-refractivity contribution >= 4 is 24.2 Å². The molecule has 6 heteroatoms. The van der Waals surface area contributed by atoms with Crippen LogP contribution in [0, 0.1) is 0 Å². The summed E-state index contributed by atoms with van der Waals surface area (Å²) < 4.78 is 0. The largest absolute Gasteiger partial charge is 0.352 e. The molecule has 1 aromatic rings. The van der Waals surface area contributed by atoms with Crippen LogP contribution in [0.1, 0.15) is 41.6 Å². The molecule has 1 aromatic carbocycles. The van der Waals surface area contributed by atoms with Crippen LogP contribution in [-0.2, 0) is 11.2 Å². The lowest BCUT2D eigenvalue weighted by Crippen LogP contribution is -2.65. The van der Waals surface area contributed by atoms with Crippen molar-refractivity contribution in [2.75, 3.05) is 19.6 Å². The Kier molecular flexibility index (Phi) is 5.65. The molecule has 1 saturated heterocycles. The average Bonchev–Trinajstić information content (AvgIpc) is 3.01. The van der Waals surface area contributed by atoms with Gasteiger partial charge in [0.15, 0.2) is 0 Å². The van der Waals surface area contributed by atoms with E-state index in [-0.39, 0.29) is 24.2 Å². The normalized spacial score (nSPS) is 19.3. The minimum Gasteiger partial charge on any atom is -0.352 e. The maximum Gasteiger partial charge on any atom is 0.254 e. The van der Waals surface area contributed by atoms with Gasteiger partial charge in [-0.3, -0.25) is 9.59 Å². The van der Waals surface area contributed by atoms with Gasteiger partial charge in [0.1, 0.15) is 5.54 Å². The van der Waals surface area contributed by atoms with Gasteiger partial charge >= 0.3 is 0 Å². The fraction of sp³-hybridized carbons (Fsp3) is 0.529. The van der Waals surface area contributed by atoms with E-state index in [2.05, 4.69) is 5.32 Å². The molecule has 3 rings (SSSR count). The van der Waals surface area contributed by atoms with E-state index in [0.29, 0.717) is 25.2 Å². The molecule has 1 saturated carbocycles. The van der Waals surface area contributed by atoms with Crippen molar-refractivity contribution in [2.24, 2.45) is 5.73 Å². The molecular formula is C17H24ClN3O2. The third-order valence-corrected chi connectivity index (χ3v) is 4.87. The second kappa shape index (κ2) is 7.32. The Hall–Kier alpha value is -1.59. The van der Waals surface area contributed by atoms with Gasteiger partial charge in [0.05, 0.1) is 0 Å². The lowest BCUT2D eigenvalue weighted by atomic mass is 9.90. The number of halogens is 1. The lowest BCUT2D eigenvalue weighted by molar-refractivity contribution is -0.134. The first-order valence-electron chi connectivity index (χ1n) is 8.07. The maximum atomic E-state index is 12.9. The zero-order valence-electron chi connectivity index (χ0n) is 13.2. The molecule has 2 aliphatic rings. The van der Waals surface area contributed by atoms with E-state index in [1.807, 2.05) is 24.3 Å². The van der Waals surface area contributed by atoms with Crippen LogP contribution in [-0.4, -0.2) is 41.9 Å². The molecule has 1 spiro atoms. The van der Waals surface area contributed by atoms with Crippen LogP contribution in [0.15, 0.2) is 24.3 Å². The molecule has 0 unspecified atom stereocenters. The van der Waals surface area contributed by atoms with Crippen molar-refractivity contribution in [1.29, 1.82) is 0 Å². The van der Waals surface area contributed by atoms with Crippen molar-refractivity contribution in [3.8, 4) is 0 Å². The van der Waals surface area contributed by atoms with Crippen LogP contribution in [0.25, 0.3) is 0 Å². The van der Waals surface area contributed by atoms with Gasteiger partial charge in [-0.1, -0.05) is 25.0 Å². The van der Waals surface area contributed by atoms with Crippen molar-refractivity contribution in [3.05, 3.63) is 35.4 Å². The number of hydrogen-bond donors (Lipinski definition) is 2. The third-order valence-electron chi connectivity index (χ3n) is 4.87. The summed E-state index contributed by atoms with van der Waals surface area (Å²) in [6.07, 6.45) is 4.37. The van der Waals surface area contributed by atoms with Crippen molar-refractivity contribution in [3.63, 3.8) is 0 Å². The molecule has 1 aliphatic carbocycles. The van der Waals surface area contributed by atoms with Gasteiger partial charge in [-0.25, -0.2) is 0 Å². The predicted octanol–water partition coefficient (Wildman–Crippen LogP) is 1.49. The first-order chi connectivity index (χ1) is 10.7. The molecule has 1 heterocycles. The molecule has 126 valence electrons. The Morgan fingerprint density at radius 2 is 1.87 bits per heavy atom. The highest BCUT2D eigenvalue weighted by Crippen LogP contribution is 2.37. The van der Waals surface area contributed by atoms with Crippen molar-refractivity contribution in [1.82, 2.24) is 10.2 Å². The van der Waals surface area contributed by atoms with Crippen LogP contribution in [0.2, 0.25) is 0 Å². The summed E-state index contributed by atoms with van der Waals surface area (Å²) >= 11 is 0. The van der Waals surface area contributed by atoms with Crippen LogP contribution in [0.3, 0.4) is 0 Å². The lowest BCUT2D eigenvalue weighted by Gasteiger charge is -2.43. The number of piperazine rings is 1. The summed E-state index contributed by atoms with van der Waals surface area (Å²) in [5.74, 6) is -0.0135. The number of nitrogens with one attached hydrogen (secondary N) is 1. The second-order valence-electron chi connectivity index (χ2n) is 6.19. The molecule has 0 aromatic heterocycles. The van der Waals surface area contributed by atoms with Crippen molar-refractivity contribution < 1.29 is 9.59 Å². The highest BCUT2D eigenvalue weighted by molar-refractivity contribution is 6.00. The summed E-state index contributed by atoms with van der Waals surface area (Å²) in [5, 5.41) is 2.93. The van der Waals surface area contributed by atoms with Gasteiger partial charge in [-0.15, -0.1) is 12.4 Å². The second-order valence-corrected chi connectivity index (χ2v) is 6.19. The minimum atomic E-state index is -0.620. The highest BCUT2D eigenvalue weighted by atomic mass is 35.5. The topological polar surface area (TPSA) is 75.4 Å². The summed E-state index contributed by atoms with van der Waals surface area (Å²) in [7, 11) is 0. The molecule has 0 radical (unpaired) electrons. The first-order valence-corrected chi connectivity index (χ1v) is 8.07. The Labute approximate surface area is 143 Å². The maximum absolute atomic E-state index is 12.9. The Bertz CT molecular complexity index is 568. The van der Waals surface area contributed by atoms with Gasteiger partial charge in [-0.05, 0) is 43.5 Å². The van der Waals surface area contributed by atoms with Gasteiger partial charge in [0, 0.05) is 18.7 Å². The Balaban J connectivity index is 0.00000192. The van der Waals surface area contributed by atoms with E-state index in [1.54, 1.807) is 4.90 Å². The van der Waals surface area contributed by atoms with Gasteiger partial charge in [0.2, 0.25) is 5.91 Å². The highest BCUT2D eigenvalue weighted by Gasteiger charge is 2.50. The molecular weight excluding hydrogens is 314 g/mol. The van der Waals surface area contributed by atoms with Crippen LogP contribution >= 0.6 is 12.4 Å². The Morgan fingerprint density at radius 1 is 1.22 bits per heavy atom. The fourth-order valence-electron chi connectivity index (χ4n) is 3.67. The number of amides is 2. The zero-order valence-corrected chi connectivity index (χ0v) is 14.0. The number of nitrogens with zero attached hydrogens (tertiary/aromatic N) is 1. The summed E-state index contributed by atoms with van der Waals surface area (Å²) in [4.78, 5) is 27.1. The first kappa shape index (κ1) is 17.8. The van der Waals surface area contributed by atoms with E-state index in [9.17, 15) is 9.59 Å². The van der Waals surface area contributed by atoms with Crippen molar-refractivity contribution in [2.45, 2.75) is 37.6 Å². The van der Waals surface area contributed by atoms with E-state index in [0.717, 1.165) is 37.7 Å². The fourth-order valence-corrected chi connectivity index (χ4v) is 3.67. The standard InChI is InChI=1S/C17H23N3O2.ClH/c18-10-7-13-3-5-14(6-4-13)15(21)20-12-11-19-16(22)17(20)8-1-2-9-17;/h3-6H,1-2,7-12,18H2,(H,19,22);1H. The monoisotopic (exact) mass is 337 g/mol. The molecule has 5 nitrogen and oxygen atoms in total. The number of nitrogens with two attached hydrogens (primary N) is 1. The number of hydrogen-bond acceptors (Lipinski definition) is 3. The molecule has 2 amide bonds. The Morgan fingerprint density at radius 3 is 2.48 bits per heavy atom. The molecule has 3 N–H and O–H groups in total. The molecule has 0 atom stereocenters. The van der Waals surface area contributed by atoms with Crippen LogP contribution < -0.4 is 11.1 Å².